The first-order valence-corrected chi connectivity index (χ1v) is 16.1. The predicted molar refractivity (Wildman–Crippen MR) is 155 cm³/mol. The topological polar surface area (TPSA) is 116 Å². The summed E-state index contributed by atoms with van der Waals surface area (Å²) in [6.07, 6.45) is -6.80. The Balaban J connectivity index is 0.000000707. The fourth-order valence-corrected chi connectivity index (χ4v) is 7.24. The second-order valence-electron chi connectivity index (χ2n) is 11.6. The molecule has 1 saturated heterocycles. The van der Waals surface area contributed by atoms with Crippen LogP contribution in [0.5, 0.6) is 0 Å². The molecule has 8 nitrogen and oxygen atoms in total. The first-order chi connectivity index (χ1) is 20.9. The van der Waals surface area contributed by atoms with Gasteiger partial charge in [0.2, 0.25) is 5.91 Å². The van der Waals surface area contributed by atoms with Gasteiger partial charge in [-0.05, 0) is 80.5 Å². The van der Waals surface area contributed by atoms with Crippen LogP contribution in [-0.4, -0.2) is 73.4 Å². The van der Waals surface area contributed by atoms with Crippen LogP contribution < -0.4 is 10.6 Å². The molecule has 15 heteroatoms. The van der Waals surface area contributed by atoms with Crippen molar-refractivity contribution < 1.29 is 49.5 Å². The average molecular weight is 666 g/mol. The highest BCUT2D eigenvalue weighted by molar-refractivity contribution is 7.91. The van der Waals surface area contributed by atoms with E-state index in [2.05, 4.69) is 24.5 Å². The molecule has 3 N–H and O–H groups in total. The van der Waals surface area contributed by atoms with E-state index in [9.17, 15) is 39.6 Å². The number of halogens is 6. The Kier molecular flexibility index (Phi) is 11.9. The largest absolute Gasteiger partial charge is 0.490 e. The van der Waals surface area contributed by atoms with E-state index in [-0.39, 0.29) is 34.6 Å². The Labute approximate surface area is 258 Å². The first kappa shape index (κ1) is 36.1. The average Bonchev–Trinajstić information content (AvgIpc) is 3.31. The van der Waals surface area contributed by atoms with Crippen LogP contribution in [-0.2, 0) is 25.6 Å². The normalized spacial score (nSPS) is 22.6. The number of carboxylic acids is 1. The number of rotatable bonds is 9. The van der Waals surface area contributed by atoms with Crippen molar-refractivity contribution >= 4 is 27.4 Å². The van der Waals surface area contributed by atoms with Crippen LogP contribution in [0.2, 0.25) is 0 Å². The molecule has 250 valence electrons. The zero-order chi connectivity index (χ0) is 33.6. The third-order valence-corrected chi connectivity index (χ3v) is 9.59. The molecule has 2 aromatic rings. The minimum absolute atomic E-state index is 0.0394. The highest BCUT2D eigenvalue weighted by Gasteiger charge is 2.43. The molecule has 1 aliphatic heterocycles. The lowest BCUT2D eigenvalue weighted by Crippen LogP contribution is -2.51. The van der Waals surface area contributed by atoms with E-state index in [0.717, 1.165) is 25.1 Å². The Morgan fingerprint density at radius 1 is 0.978 bits per heavy atom. The molecule has 2 aliphatic rings. The van der Waals surface area contributed by atoms with Gasteiger partial charge in [-0.2, -0.15) is 26.3 Å². The number of nitrogens with zero attached hydrogens (tertiary/aromatic N) is 1. The number of amides is 1. The Bertz CT molecular complexity index is 1390. The van der Waals surface area contributed by atoms with Gasteiger partial charge in [0, 0.05) is 24.3 Å². The number of carbonyl (C=O) groups is 2. The van der Waals surface area contributed by atoms with E-state index in [0.29, 0.717) is 37.4 Å². The number of carbonyl (C=O) groups excluding carboxylic acids is 1. The van der Waals surface area contributed by atoms with Gasteiger partial charge in [-0.1, -0.05) is 32.0 Å². The lowest BCUT2D eigenvalue weighted by molar-refractivity contribution is -0.192. The lowest BCUT2D eigenvalue weighted by Gasteiger charge is -2.41. The number of alkyl halides is 6. The quantitative estimate of drug-likeness (QED) is 0.299. The number of aliphatic carboxylic acids is 1. The predicted octanol–water partition coefficient (Wildman–Crippen LogP) is 5.61. The van der Waals surface area contributed by atoms with Crippen LogP contribution in [0.1, 0.15) is 45.1 Å². The van der Waals surface area contributed by atoms with Crippen molar-refractivity contribution in [3.05, 3.63) is 60.2 Å². The van der Waals surface area contributed by atoms with Gasteiger partial charge in [0.15, 0.2) is 9.84 Å². The van der Waals surface area contributed by atoms with Crippen molar-refractivity contribution in [3.63, 3.8) is 0 Å². The highest BCUT2D eigenvalue weighted by Crippen LogP contribution is 2.35. The van der Waals surface area contributed by atoms with Crippen LogP contribution in [0.3, 0.4) is 0 Å². The lowest BCUT2D eigenvalue weighted by atomic mass is 9.81. The van der Waals surface area contributed by atoms with Crippen molar-refractivity contribution in [2.24, 2.45) is 11.8 Å². The minimum Gasteiger partial charge on any atom is -0.475 e. The number of hydrogen-bond donors (Lipinski definition) is 3. The number of sulfone groups is 1. The molecule has 0 spiro atoms. The summed E-state index contributed by atoms with van der Waals surface area (Å²) >= 11 is 0. The van der Waals surface area contributed by atoms with Gasteiger partial charge < -0.3 is 20.6 Å². The number of anilines is 1. The molecule has 2 aromatic carbocycles. The molecule has 45 heavy (non-hydrogen) atoms. The number of likely N-dealkylation sites (tertiary alicyclic amines) is 1. The van der Waals surface area contributed by atoms with Gasteiger partial charge >= 0.3 is 18.3 Å². The van der Waals surface area contributed by atoms with Crippen LogP contribution >= 0.6 is 0 Å². The molecule has 2 fully saturated rings. The maximum absolute atomic E-state index is 13.4. The third kappa shape index (κ3) is 10.3. The molecule has 0 aromatic heterocycles. The molecule has 1 heterocycles. The summed E-state index contributed by atoms with van der Waals surface area (Å²) < 4.78 is 97.0. The summed E-state index contributed by atoms with van der Waals surface area (Å²) in [5.41, 5.74) is -0.296. The summed E-state index contributed by atoms with van der Waals surface area (Å²) in [7, 11) is -3.55. The molecular formula is C30H37F6N3O5S. The second kappa shape index (κ2) is 14.8. The van der Waals surface area contributed by atoms with Crippen molar-refractivity contribution in [2.45, 2.75) is 74.9 Å². The van der Waals surface area contributed by atoms with Crippen LogP contribution in [0.25, 0.3) is 0 Å². The standard InChI is InChI=1S/C28H36F3N3O3S.C2HF3O2/c1-19(2)17-32-23-12-13-26(20(16-23)18-38(36,37)24-6-4-3-5-7-24)34-15-14-25(27(34)35)33-22-10-8-21(9-11-22)28(29,30)31;3-2(4,5)1(6)7/h3-11,19-20,23,25-26,32-33H,12-18H2,1-2H3;(H,6,7)/t20-,23+,25?,26-;/m0./s1. The molecule has 1 unspecified atom stereocenters. The van der Waals surface area contributed by atoms with Gasteiger partial charge in [0.25, 0.3) is 0 Å². The second-order valence-corrected chi connectivity index (χ2v) is 13.7. The van der Waals surface area contributed by atoms with Crippen LogP contribution in [0, 0.1) is 11.8 Å². The Hall–Kier alpha value is -3.33. The zero-order valence-corrected chi connectivity index (χ0v) is 25.6. The molecule has 1 aliphatic carbocycles. The number of benzene rings is 2. The summed E-state index contributed by atoms with van der Waals surface area (Å²) in [5.74, 6) is -2.69. The summed E-state index contributed by atoms with van der Waals surface area (Å²) in [4.78, 5) is 24.4. The van der Waals surface area contributed by atoms with Crippen molar-refractivity contribution in [1.82, 2.24) is 10.2 Å². The first-order valence-electron chi connectivity index (χ1n) is 14.4. The van der Waals surface area contributed by atoms with Gasteiger partial charge in [-0.25, -0.2) is 13.2 Å². The molecule has 1 saturated carbocycles. The molecular weight excluding hydrogens is 628 g/mol. The molecule has 0 radical (unpaired) electrons. The molecule has 1 amide bonds. The Morgan fingerprint density at radius 2 is 1.58 bits per heavy atom. The Morgan fingerprint density at radius 3 is 2.11 bits per heavy atom. The van der Waals surface area contributed by atoms with Crippen molar-refractivity contribution in [2.75, 3.05) is 24.2 Å². The monoisotopic (exact) mass is 665 g/mol. The van der Waals surface area contributed by atoms with E-state index in [1.807, 2.05) is 0 Å². The highest BCUT2D eigenvalue weighted by atomic mass is 32.2. The summed E-state index contributed by atoms with van der Waals surface area (Å²) in [5, 5.41) is 13.8. The van der Waals surface area contributed by atoms with E-state index >= 15 is 0 Å². The molecule has 0 bridgehead atoms. The smallest absolute Gasteiger partial charge is 0.475 e. The fourth-order valence-electron chi connectivity index (χ4n) is 5.55. The van der Waals surface area contributed by atoms with Gasteiger partial charge in [-0.15, -0.1) is 0 Å². The third-order valence-electron chi connectivity index (χ3n) is 7.73. The number of nitrogens with one attached hydrogen (secondary N) is 2. The number of carboxylic acid groups (broad SMARTS) is 1. The number of hydrogen-bond acceptors (Lipinski definition) is 6. The van der Waals surface area contributed by atoms with Crippen LogP contribution in [0.4, 0.5) is 32.0 Å². The van der Waals surface area contributed by atoms with E-state index in [1.165, 1.54) is 12.1 Å². The maximum atomic E-state index is 13.4. The van der Waals surface area contributed by atoms with E-state index in [4.69, 9.17) is 9.90 Å². The SMILES string of the molecule is CC(C)CN[C@@H]1CC[C@H](N2CCC(Nc3ccc(C(F)(F)F)cc3)C2=O)[C@H](CS(=O)(=O)c2ccccc2)C1.O=C(O)C(F)(F)F. The minimum atomic E-state index is -5.08. The van der Waals surface area contributed by atoms with Gasteiger partial charge in [0.05, 0.1) is 16.2 Å². The fraction of sp³-hybridized carbons (Fsp3) is 0.533. The zero-order valence-electron chi connectivity index (χ0n) is 24.7. The van der Waals surface area contributed by atoms with Crippen LogP contribution in [0.15, 0.2) is 59.5 Å². The van der Waals surface area contributed by atoms with Gasteiger partial charge in [0.1, 0.15) is 6.04 Å². The summed E-state index contributed by atoms with van der Waals surface area (Å²) in [6.45, 7) is 5.58. The molecule has 4 rings (SSSR count). The van der Waals surface area contributed by atoms with Crippen molar-refractivity contribution in [1.29, 1.82) is 0 Å². The maximum Gasteiger partial charge on any atom is 0.490 e. The van der Waals surface area contributed by atoms with Gasteiger partial charge in [-0.3, -0.25) is 4.79 Å². The van der Waals surface area contributed by atoms with Crippen molar-refractivity contribution in [3.8, 4) is 0 Å². The summed E-state index contributed by atoms with van der Waals surface area (Å²) in [6, 6.07) is 12.5. The molecule has 4 atom stereocenters. The van der Waals surface area contributed by atoms with E-state index < -0.39 is 39.8 Å². The van der Waals surface area contributed by atoms with E-state index in [1.54, 1.807) is 35.2 Å².